The Bertz CT molecular complexity index is 648. The molecule has 0 aromatic carbocycles. The zero-order valence-corrected chi connectivity index (χ0v) is 11.8. The molecule has 0 bridgehead atoms. The van der Waals surface area contributed by atoms with Crippen LogP contribution in [0.25, 0.3) is 10.2 Å². The highest BCUT2D eigenvalue weighted by molar-refractivity contribution is 7.21. The van der Waals surface area contributed by atoms with E-state index in [4.69, 9.17) is 5.73 Å². The molecule has 0 saturated heterocycles. The van der Waals surface area contributed by atoms with Gasteiger partial charge in [0.1, 0.15) is 9.71 Å². The number of aromatic nitrogens is 2. The minimum absolute atomic E-state index is 0.167. The van der Waals surface area contributed by atoms with Crippen LogP contribution in [0.15, 0.2) is 12.7 Å². The number of carbonyl (C=O) groups excluding carboxylic acids is 1. The Kier molecular flexibility index (Phi) is 3.80. The van der Waals surface area contributed by atoms with Crippen LogP contribution in [0.3, 0.4) is 0 Å². The molecule has 2 aromatic rings. The van der Waals surface area contributed by atoms with Gasteiger partial charge in [0.25, 0.3) is 5.91 Å². The second kappa shape index (κ2) is 5.36. The molecule has 1 amide bonds. The molecule has 0 atom stereocenters. The molecule has 0 radical (unpaired) electrons. The van der Waals surface area contributed by atoms with Gasteiger partial charge in [-0.3, -0.25) is 4.79 Å². The van der Waals surface area contributed by atoms with Gasteiger partial charge in [-0.05, 0) is 25.8 Å². The number of carbonyl (C=O) groups is 1. The minimum atomic E-state index is -0.167. The van der Waals surface area contributed by atoms with E-state index in [0.717, 1.165) is 23.1 Å². The third-order valence-corrected chi connectivity index (χ3v) is 4.06. The van der Waals surface area contributed by atoms with Gasteiger partial charge in [-0.2, -0.15) is 5.10 Å². The van der Waals surface area contributed by atoms with Crippen molar-refractivity contribution in [2.75, 3.05) is 12.3 Å². The minimum Gasteiger partial charge on any atom is -0.397 e. The Balaban J connectivity index is 2.40. The summed E-state index contributed by atoms with van der Waals surface area (Å²) >= 11 is 1.28. The maximum absolute atomic E-state index is 12.0. The largest absolute Gasteiger partial charge is 0.397 e. The number of nitrogens with zero attached hydrogens (tertiary/aromatic N) is 2. The van der Waals surface area contributed by atoms with E-state index in [1.54, 1.807) is 6.08 Å². The number of thiophene rings is 1. The summed E-state index contributed by atoms with van der Waals surface area (Å²) in [6.45, 7) is 7.98. The Morgan fingerprint density at radius 3 is 2.89 bits per heavy atom. The van der Waals surface area contributed by atoms with Crippen LogP contribution in [-0.4, -0.2) is 22.6 Å². The molecule has 0 aliphatic heterocycles. The van der Waals surface area contributed by atoms with E-state index in [9.17, 15) is 4.79 Å². The fourth-order valence-corrected chi connectivity index (χ4v) is 2.79. The number of rotatable bonds is 4. The van der Waals surface area contributed by atoms with Gasteiger partial charge >= 0.3 is 0 Å². The number of hydrogen-bond acceptors (Lipinski definition) is 5. The van der Waals surface area contributed by atoms with E-state index in [0.29, 0.717) is 21.9 Å². The van der Waals surface area contributed by atoms with Crippen LogP contribution in [0.5, 0.6) is 0 Å². The van der Waals surface area contributed by atoms with Gasteiger partial charge in [-0.15, -0.1) is 23.0 Å². The molecule has 2 rings (SSSR count). The van der Waals surface area contributed by atoms with Gasteiger partial charge in [0, 0.05) is 11.9 Å². The third kappa shape index (κ3) is 2.44. The first-order chi connectivity index (χ1) is 9.06. The average Bonchev–Trinajstić information content (AvgIpc) is 2.72. The van der Waals surface area contributed by atoms with Crippen molar-refractivity contribution < 1.29 is 4.79 Å². The van der Waals surface area contributed by atoms with E-state index >= 15 is 0 Å². The normalized spacial score (nSPS) is 10.6. The summed E-state index contributed by atoms with van der Waals surface area (Å²) in [6.07, 6.45) is 2.49. The number of amides is 1. The molecule has 0 aliphatic carbocycles. The molecular weight excluding hydrogens is 260 g/mol. The molecular formula is C13H16N4OS. The van der Waals surface area contributed by atoms with Gasteiger partial charge < -0.3 is 11.1 Å². The van der Waals surface area contributed by atoms with Crippen molar-refractivity contribution in [2.24, 2.45) is 0 Å². The molecule has 2 aromatic heterocycles. The smallest absolute Gasteiger partial charge is 0.263 e. The second-order valence-corrected chi connectivity index (χ2v) is 5.27. The van der Waals surface area contributed by atoms with Gasteiger partial charge in [0.15, 0.2) is 0 Å². The van der Waals surface area contributed by atoms with Gasteiger partial charge in [-0.25, -0.2) is 0 Å². The van der Waals surface area contributed by atoms with E-state index < -0.39 is 0 Å². The Hall–Kier alpha value is -1.95. The first kappa shape index (κ1) is 13.5. The number of hydrogen-bond donors (Lipinski definition) is 2. The molecule has 3 N–H and O–H groups in total. The molecule has 0 unspecified atom stereocenters. The molecule has 19 heavy (non-hydrogen) atoms. The highest BCUT2D eigenvalue weighted by Crippen LogP contribution is 2.34. The molecule has 0 aliphatic rings. The maximum Gasteiger partial charge on any atom is 0.263 e. The fraction of sp³-hybridized carbons (Fsp3) is 0.308. The topological polar surface area (TPSA) is 80.9 Å². The van der Waals surface area contributed by atoms with Crippen molar-refractivity contribution in [1.82, 2.24) is 15.5 Å². The number of fused-ring (bicyclic) bond motifs is 1. The Morgan fingerprint density at radius 2 is 2.21 bits per heavy atom. The average molecular weight is 276 g/mol. The summed E-state index contributed by atoms with van der Waals surface area (Å²) in [6, 6.07) is 0. The third-order valence-electron chi connectivity index (χ3n) is 2.98. The number of nitrogen functional groups attached to an aromatic ring is 1. The van der Waals surface area contributed by atoms with Crippen molar-refractivity contribution >= 4 is 33.1 Å². The Morgan fingerprint density at radius 1 is 1.47 bits per heavy atom. The highest BCUT2D eigenvalue weighted by atomic mass is 32.1. The zero-order valence-electron chi connectivity index (χ0n) is 11.0. The summed E-state index contributed by atoms with van der Waals surface area (Å²) in [5, 5.41) is 11.8. The lowest BCUT2D eigenvalue weighted by atomic mass is 10.1. The van der Waals surface area contributed by atoms with E-state index in [-0.39, 0.29) is 5.91 Å². The standard InChI is InChI=1S/C13H16N4OS/c1-4-5-6-15-12(18)11-10(14)9-7(2)8(3)16-17-13(9)19-11/h4H,1,5-6,14H2,2-3H3,(H,15,18). The van der Waals surface area contributed by atoms with Gasteiger partial charge in [0.2, 0.25) is 0 Å². The summed E-state index contributed by atoms with van der Waals surface area (Å²) in [4.78, 5) is 13.2. The second-order valence-electron chi connectivity index (χ2n) is 4.27. The molecule has 6 heteroatoms. The fourth-order valence-electron chi connectivity index (χ4n) is 1.78. The summed E-state index contributed by atoms with van der Waals surface area (Å²) in [5.41, 5.74) is 8.37. The molecule has 0 spiro atoms. The van der Waals surface area contributed by atoms with Crippen molar-refractivity contribution in [3.8, 4) is 0 Å². The van der Waals surface area contributed by atoms with E-state index in [1.165, 1.54) is 11.3 Å². The molecule has 2 heterocycles. The molecule has 100 valence electrons. The van der Waals surface area contributed by atoms with Crippen molar-refractivity contribution in [3.63, 3.8) is 0 Å². The van der Waals surface area contributed by atoms with E-state index in [1.807, 2.05) is 13.8 Å². The monoisotopic (exact) mass is 276 g/mol. The van der Waals surface area contributed by atoms with Crippen LogP contribution < -0.4 is 11.1 Å². The summed E-state index contributed by atoms with van der Waals surface area (Å²) in [7, 11) is 0. The van der Waals surface area contributed by atoms with Gasteiger partial charge in [0.05, 0.1) is 11.4 Å². The lowest BCUT2D eigenvalue weighted by molar-refractivity contribution is 0.0959. The van der Waals surface area contributed by atoms with Gasteiger partial charge in [-0.1, -0.05) is 6.08 Å². The maximum atomic E-state index is 12.0. The highest BCUT2D eigenvalue weighted by Gasteiger charge is 2.19. The number of aryl methyl sites for hydroxylation is 2. The number of nitrogens with two attached hydrogens (primary N) is 1. The number of anilines is 1. The quantitative estimate of drug-likeness (QED) is 0.662. The molecule has 5 nitrogen and oxygen atoms in total. The van der Waals surface area contributed by atoms with Crippen molar-refractivity contribution in [1.29, 1.82) is 0 Å². The number of nitrogens with one attached hydrogen (secondary N) is 1. The van der Waals surface area contributed by atoms with Crippen molar-refractivity contribution in [3.05, 3.63) is 28.8 Å². The van der Waals surface area contributed by atoms with Crippen LogP contribution in [0.4, 0.5) is 5.69 Å². The summed E-state index contributed by atoms with van der Waals surface area (Å²) in [5.74, 6) is -0.167. The zero-order chi connectivity index (χ0) is 14.0. The lowest BCUT2D eigenvalue weighted by Crippen LogP contribution is -2.23. The summed E-state index contributed by atoms with van der Waals surface area (Å²) < 4.78 is 0. The van der Waals surface area contributed by atoms with Crippen LogP contribution in [-0.2, 0) is 0 Å². The van der Waals surface area contributed by atoms with Crippen molar-refractivity contribution in [2.45, 2.75) is 20.3 Å². The van der Waals surface area contributed by atoms with Crippen LogP contribution in [0.1, 0.15) is 27.3 Å². The predicted octanol–water partition coefficient (Wildman–Crippen LogP) is 2.20. The van der Waals surface area contributed by atoms with Crippen LogP contribution >= 0.6 is 11.3 Å². The lowest BCUT2D eigenvalue weighted by Gasteiger charge is -2.02. The first-order valence-electron chi connectivity index (χ1n) is 5.97. The van der Waals surface area contributed by atoms with E-state index in [2.05, 4.69) is 22.1 Å². The first-order valence-corrected chi connectivity index (χ1v) is 6.78. The van der Waals surface area contributed by atoms with Crippen LogP contribution in [0.2, 0.25) is 0 Å². The molecule has 0 saturated carbocycles. The molecule has 0 fully saturated rings. The SMILES string of the molecule is C=CCCNC(=O)c1sc2nnc(C)c(C)c2c1N. The Labute approximate surface area is 115 Å². The predicted molar refractivity (Wildman–Crippen MR) is 78.4 cm³/mol. The van der Waals surface area contributed by atoms with Crippen LogP contribution in [0, 0.1) is 13.8 Å².